The minimum atomic E-state index is -3.42. The zero-order valence-corrected chi connectivity index (χ0v) is 28.5. The van der Waals surface area contributed by atoms with E-state index in [0.717, 1.165) is 72.4 Å². The van der Waals surface area contributed by atoms with Crippen LogP contribution >= 0.6 is 15.9 Å². The fourth-order valence-electron chi connectivity index (χ4n) is 5.95. The maximum atomic E-state index is 12.5. The van der Waals surface area contributed by atoms with Gasteiger partial charge in [-0.3, -0.25) is 4.68 Å². The number of nitrogens with zero attached hydrogens (tertiary/aromatic N) is 4. The molecule has 1 saturated heterocycles. The number of methoxy groups -OCH3 is 1. The van der Waals surface area contributed by atoms with Gasteiger partial charge in [-0.25, -0.2) is 18.0 Å². The molecule has 14 heteroatoms. The molecule has 0 unspecified atom stereocenters. The van der Waals surface area contributed by atoms with Gasteiger partial charge in [-0.15, -0.1) is 0 Å². The Bertz CT molecular complexity index is 1650. The van der Waals surface area contributed by atoms with E-state index in [4.69, 9.17) is 9.84 Å². The lowest BCUT2D eigenvalue weighted by atomic mass is 10.0. The maximum Gasteiger partial charge on any atom is 0.407 e. The highest BCUT2D eigenvalue weighted by Gasteiger charge is 2.28. The molecule has 248 valence electrons. The van der Waals surface area contributed by atoms with Crippen molar-refractivity contribution in [1.82, 2.24) is 19.6 Å². The average Bonchev–Trinajstić information content (AvgIpc) is 3.42. The molecular weight excluding hydrogens is 678 g/mol. The molecule has 0 spiro atoms. The van der Waals surface area contributed by atoms with Crippen LogP contribution < -0.4 is 10.1 Å². The number of halogens is 1. The number of aryl methyl sites for hydroxylation is 1. The van der Waals surface area contributed by atoms with Gasteiger partial charge in [0, 0.05) is 59.9 Å². The standard InChI is InChI=1S/C32H40BrN5O7S/c1-3-46(42,43)25-9-10-29(45-21-30(39)44-2)27(19-25)34-24-11-16-36(17-12-24)14-4-15-38-28-13-18-37(32(40)41)20-26(28)31(35-38)22-5-7-23(33)8-6-22/h5-10,19,24,34H,3-4,11-18,20-21H2,1-2H3,(H,40,41). The van der Waals surface area contributed by atoms with E-state index < -0.39 is 21.9 Å². The number of esters is 1. The number of fused-ring (bicyclic) bond motifs is 1. The summed E-state index contributed by atoms with van der Waals surface area (Å²) in [6.07, 6.45) is 2.33. The van der Waals surface area contributed by atoms with Crippen LogP contribution in [0.3, 0.4) is 0 Å². The first-order valence-electron chi connectivity index (χ1n) is 15.5. The summed E-state index contributed by atoms with van der Waals surface area (Å²) in [5.74, 6) is -0.132. The van der Waals surface area contributed by atoms with Crippen LogP contribution in [0.25, 0.3) is 11.3 Å². The molecule has 0 saturated carbocycles. The quantitative estimate of drug-likeness (QED) is 0.254. The highest BCUT2D eigenvalue weighted by Crippen LogP contribution is 2.32. The molecular formula is C32H40BrN5O7S. The summed E-state index contributed by atoms with van der Waals surface area (Å²) < 4.78 is 38.4. The zero-order valence-electron chi connectivity index (χ0n) is 26.1. The minimum Gasteiger partial charge on any atom is -0.480 e. The molecule has 46 heavy (non-hydrogen) atoms. The van der Waals surface area contributed by atoms with Crippen molar-refractivity contribution in [3.63, 3.8) is 0 Å². The second kappa shape index (κ2) is 14.9. The van der Waals surface area contributed by atoms with Gasteiger partial charge in [0.2, 0.25) is 0 Å². The second-order valence-electron chi connectivity index (χ2n) is 11.5. The summed E-state index contributed by atoms with van der Waals surface area (Å²) >= 11 is 3.48. The Morgan fingerprint density at radius 2 is 1.83 bits per heavy atom. The molecule has 2 aliphatic heterocycles. The molecule has 2 aliphatic rings. The normalized spacial score (nSPS) is 15.8. The predicted molar refractivity (Wildman–Crippen MR) is 177 cm³/mol. The van der Waals surface area contributed by atoms with Gasteiger partial charge >= 0.3 is 12.1 Å². The Morgan fingerprint density at radius 1 is 1.09 bits per heavy atom. The number of hydrogen-bond acceptors (Lipinski definition) is 9. The molecule has 3 heterocycles. The molecule has 1 fully saturated rings. The third-order valence-corrected chi connectivity index (χ3v) is 10.8. The molecule has 2 N–H and O–H groups in total. The van der Waals surface area contributed by atoms with E-state index >= 15 is 0 Å². The van der Waals surface area contributed by atoms with Gasteiger partial charge in [0.25, 0.3) is 0 Å². The smallest absolute Gasteiger partial charge is 0.407 e. The van der Waals surface area contributed by atoms with E-state index in [1.54, 1.807) is 19.1 Å². The number of nitrogens with one attached hydrogen (secondary N) is 1. The first-order valence-corrected chi connectivity index (χ1v) is 17.9. The predicted octanol–water partition coefficient (Wildman–Crippen LogP) is 4.66. The molecule has 5 rings (SSSR count). The van der Waals surface area contributed by atoms with E-state index in [1.165, 1.54) is 18.1 Å². The number of carbonyl (C=O) groups excluding carboxylic acids is 1. The summed E-state index contributed by atoms with van der Waals surface area (Å²) in [5.41, 5.74) is 4.44. The summed E-state index contributed by atoms with van der Waals surface area (Å²) in [7, 11) is -2.13. The molecule has 3 aromatic rings. The number of rotatable bonds is 12. The lowest BCUT2D eigenvalue weighted by Crippen LogP contribution is -2.40. The van der Waals surface area contributed by atoms with Gasteiger partial charge < -0.3 is 29.7 Å². The molecule has 0 radical (unpaired) electrons. The molecule has 12 nitrogen and oxygen atoms in total. The Balaban J connectivity index is 1.20. The van der Waals surface area contributed by atoms with Crippen LogP contribution in [0.2, 0.25) is 0 Å². The third kappa shape index (κ3) is 8.02. The molecule has 1 amide bonds. The molecule has 0 aliphatic carbocycles. The van der Waals surface area contributed by atoms with Crippen LogP contribution in [0.15, 0.2) is 51.8 Å². The van der Waals surface area contributed by atoms with Gasteiger partial charge in [-0.05, 0) is 56.1 Å². The fraction of sp³-hybridized carbons (Fsp3) is 0.469. The van der Waals surface area contributed by atoms with Crippen molar-refractivity contribution in [1.29, 1.82) is 0 Å². The van der Waals surface area contributed by atoms with Gasteiger partial charge in [0.05, 0.1) is 35.7 Å². The summed E-state index contributed by atoms with van der Waals surface area (Å²) in [5, 5.41) is 18.0. The summed E-state index contributed by atoms with van der Waals surface area (Å²) in [6, 6.07) is 12.7. The number of likely N-dealkylation sites (tertiary alicyclic amines) is 1. The van der Waals surface area contributed by atoms with Crippen LogP contribution in [-0.2, 0) is 38.9 Å². The number of anilines is 1. The van der Waals surface area contributed by atoms with Crippen molar-refractivity contribution in [3.8, 4) is 17.0 Å². The number of carbonyl (C=O) groups is 2. The number of aromatic nitrogens is 2. The topological polar surface area (TPSA) is 143 Å². The van der Waals surface area contributed by atoms with Gasteiger partial charge in [-0.1, -0.05) is 35.0 Å². The summed E-state index contributed by atoms with van der Waals surface area (Å²) in [4.78, 5) is 27.5. The van der Waals surface area contributed by atoms with Crippen molar-refractivity contribution >= 4 is 43.5 Å². The van der Waals surface area contributed by atoms with E-state index in [2.05, 4.69) is 35.6 Å². The zero-order chi connectivity index (χ0) is 32.8. The monoisotopic (exact) mass is 717 g/mol. The van der Waals surface area contributed by atoms with E-state index in [9.17, 15) is 23.1 Å². The Kier molecular flexibility index (Phi) is 10.9. The van der Waals surface area contributed by atoms with Crippen molar-refractivity contribution in [2.75, 3.05) is 51.0 Å². The van der Waals surface area contributed by atoms with Crippen LogP contribution in [-0.4, -0.2) is 96.9 Å². The van der Waals surface area contributed by atoms with Crippen molar-refractivity contribution in [3.05, 3.63) is 58.2 Å². The van der Waals surface area contributed by atoms with Gasteiger partial charge in [0.1, 0.15) is 5.75 Å². The van der Waals surface area contributed by atoms with E-state index in [1.807, 2.05) is 24.3 Å². The number of piperidine rings is 1. The second-order valence-corrected chi connectivity index (χ2v) is 14.7. The number of carboxylic acid groups (broad SMARTS) is 1. The highest BCUT2D eigenvalue weighted by atomic mass is 79.9. The van der Waals surface area contributed by atoms with Crippen LogP contribution in [0, 0.1) is 0 Å². The third-order valence-electron chi connectivity index (χ3n) is 8.58. The Labute approximate surface area is 277 Å². The Morgan fingerprint density at radius 3 is 2.50 bits per heavy atom. The Hall–Kier alpha value is -3.62. The number of amides is 1. The molecule has 0 atom stereocenters. The number of sulfone groups is 1. The van der Waals surface area contributed by atoms with Crippen LogP contribution in [0.5, 0.6) is 5.75 Å². The van der Waals surface area contributed by atoms with Crippen molar-refractivity contribution in [2.24, 2.45) is 0 Å². The van der Waals surface area contributed by atoms with E-state index in [-0.39, 0.29) is 23.3 Å². The first-order chi connectivity index (χ1) is 22.1. The number of ether oxygens (including phenoxy) is 2. The van der Waals surface area contributed by atoms with Crippen LogP contribution in [0.1, 0.15) is 37.4 Å². The average molecular weight is 719 g/mol. The van der Waals surface area contributed by atoms with E-state index in [0.29, 0.717) is 30.9 Å². The SMILES string of the molecule is CCS(=O)(=O)c1ccc(OCC(=O)OC)c(NC2CCN(CCCn3nc(-c4ccc(Br)cc4)c4c3CCN(C(=O)O)C4)CC2)c1. The molecule has 1 aromatic heterocycles. The van der Waals surface area contributed by atoms with Gasteiger partial charge in [-0.2, -0.15) is 5.10 Å². The van der Waals surface area contributed by atoms with Crippen LogP contribution in [0.4, 0.5) is 10.5 Å². The van der Waals surface area contributed by atoms with Crippen molar-refractivity contribution < 1.29 is 32.6 Å². The number of hydrogen-bond donors (Lipinski definition) is 2. The summed E-state index contributed by atoms with van der Waals surface area (Å²) in [6.45, 7) is 5.50. The lowest BCUT2D eigenvalue weighted by molar-refractivity contribution is -0.142. The van der Waals surface area contributed by atoms with Crippen molar-refractivity contribution in [2.45, 2.75) is 56.6 Å². The lowest BCUT2D eigenvalue weighted by Gasteiger charge is -2.33. The fourth-order valence-corrected chi connectivity index (χ4v) is 7.12. The highest BCUT2D eigenvalue weighted by molar-refractivity contribution is 9.10. The maximum absolute atomic E-state index is 12.5. The largest absolute Gasteiger partial charge is 0.480 e. The molecule has 2 aromatic carbocycles. The minimum absolute atomic E-state index is 0.0130. The van der Waals surface area contributed by atoms with Gasteiger partial charge in [0.15, 0.2) is 16.4 Å². The molecule has 0 bridgehead atoms. The first kappa shape index (κ1) is 33.7. The number of benzene rings is 2.